The predicted octanol–water partition coefficient (Wildman–Crippen LogP) is 4.20. The number of nitrogens with one attached hydrogen (secondary N) is 4. The molecule has 3 amide bonds. The van der Waals surface area contributed by atoms with Crippen molar-refractivity contribution in [2.75, 3.05) is 22.9 Å². The number of nitrogen functional groups attached to an aromatic ring is 1. The second-order valence-corrected chi connectivity index (χ2v) is 9.35. The van der Waals surface area contributed by atoms with Crippen molar-refractivity contribution in [1.29, 1.82) is 0 Å². The number of H-pyrrole nitrogens is 1. The van der Waals surface area contributed by atoms with Crippen LogP contribution in [0.5, 0.6) is 0 Å². The molecule has 1 aliphatic rings. The van der Waals surface area contributed by atoms with Crippen LogP contribution in [0.15, 0.2) is 46.6 Å². The summed E-state index contributed by atoms with van der Waals surface area (Å²) in [6.07, 6.45) is 3.69. The van der Waals surface area contributed by atoms with E-state index in [0.717, 1.165) is 12.5 Å². The molecule has 0 saturated carbocycles. The van der Waals surface area contributed by atoms with Gasteiger partial charge in [-0.2, -0.15) is 5.10 Å². The molecule has 6 N–H and O–H groups in total. The lowest BCUT2D eigenvalue weighted by molar-refractivity contribution is -0.116. The fourth-order valence-corrected chi connectivity index (χ4v) is 4.35. The fourth-order valence-electron chi connectivity index (χ4n) is 4.35. The molecule has 0 atom stereocenters. The Kier molecular flexibility index (Phi) is 8.67. The van der Waals surface area contributed by atoms with Crippen LogP contribution in [0, 0.1) is 25.5 Å². The van der Waals surface area contributed by atoms with Crippen molar-refractivity contribution in [3.05, 3.63) is 76.1 Å². The Bertz CT molecular complexity index is 1530. The highest BCUT2D eigenvalue weighted by molar-refractivity contribution is 6.53. The molecule has 0 fully saturated rings. The standard InChI is InChI=1S/C28H29F2N7O3/c1-15-23(14-33-37-26-19-12-17(29)7-9-21(19)36-28(26)40)34-16(2)25(15)27(39)32-11-5-3-4-6-24(38)35-22-10-8-18(30)13-20(22)31/h7-10,12-14,34H,3-6,11,31H2,1-2H3,(H,32,39)(H,35,38)(H,36,37,40). The summed E-state index contributed by atoms with van der Waals surface area (Å²) in [6, 6.07) is 7.72. The average Bonchev–Trinajstić information content (AvgIpc) is 3.36. The number of fused-ring (bicyclic) bond motifs is 1. The number of rotatable bonds is 10. The molecular formula is C28H29F2N7O3. The monoisotopic (exact) mass is 549 g/mol. The van der Waals surface area contributed by atoms with Crippen molar-refractivity contribution < 1.29 is 23.2 Å². The maximum Gasteiger partial charge on any atom is 0.276 e. The molecule has 4 rings (SSSR count). The van der Waals surface area contributed by atoms with Gasteiger partial charge >= 0.3 is 0 Å². The molecule has 3 aromatic rings. The second-order valence-electron chi connectivity index (χ2n) is 9.35. The smallest absolute Gasteiger partial charge is 0.276 e. The predicted molar refractivity (Wildman–Crippen MR) is 150 cm³/mol. The minimum absolute atomic E-state index is 0.00159. The maximum absolute atomic E-state index is 13.6. The van der Waals surface area contributed by atoms with Gasteiger partial charge < -0.3 is 26.7 Å². The molecule has 0 saturated heterocycles. The number of halogens is 2. The molecule has 12 heteroatoms. The van der Waals surface area contributed by atoms with Gasteiger partial charge in [-0.25, -0.2) is 8.78 Å². The van der Waals surface area contributed by atoms with Crippen molar-refractivity contribution >= 4 is 46.7 Å². The van der Waals surface area contributed by atoms with Gasteiger partial charge in [0.05, 0.1) is 34.5 Å². The lowest BCUT2D eigenvalue weighted by Crippen LogP contribution is -2.25. The van der Waals surface area contributed by atoms with E-state index in [1.807, 2.05) is 0 Å². The minimum Gasteiger partial charge on any atom is -0.397 e. The van der Waals surface area contributed by atoms with Crippen molar-refractivity contribution in [1.82, 2.24) is 10.3 Å². The van der Waals surface area contributed by atoms with Crippen molar-refractivity contribution in [3.8, 4) is 0 Å². The van der Waals surface area contributed by atoms with Crippen LogP contribution >= 0.6 is 0 Å². The zero-order valence-corrected chi connectivity index (χ0v) is 22.0. The average molecular weight is 550 g/mol. The van der Waals surface area contributed by atoms with Gasteiger partial charge in [-0.05, 0) is 68.7 Å². The van der Waals surface area contributed by atoms with E-state index in [9.17, 15) is 23.2 Å². The number of amides is 3. The van der Waals surface area contributed by atoms with E-state index in [0.29, 0.717) is 58.8 Å². The van der Waals surface area contributed by atoms with Gasteiger partial charge in [-0.3, -0.25) is 14.4 Å². The number of nitrogens with two attached hydrogens (primary N) is 1. The van der Waals surface area contributed by atoms with Crippen LogP contribution < -0.4 is 21.7 Å². The molecule has 0 spiro atoms. The van der Waals surface area contributed by atoms with Gasteiger partial charge in [0.1, 0.15) is 11.6 Å². The maximum atomic E-state index is 13.6. The quantitative estimate of drug-likeness (QED) is 0.111. The lowest BCUT2D eigenvalue weighted by atomic mass is 10.1. The summed E-state index contributed by atoms with van der Waals surface area (Å²) in [4.78, 5) is 40.2. The zero-order chi connectivity index (χ0) is 28.8. The summed E-state index contributed by atoms with van der Waals surface area (Å²) in [5.41, 5.74) is 9.38. The molecule has 0 unspecified atom stereocenters. The SMILES string of the molecule is Cc1[nH]c(C=NN=C2C(=O)Nc3ccc(F)cc32)c(C)c1C(=O)NCCCCCC(=O)Nc1ccc(F)cc1N. The van der Waals surface area contributed by atoms with E-state index in [4.69, 9.17) is 5.73 Å². The number of aryl methyl sites for hydroxylation is 1. The molecule has 0 radical (unpaired) electrons. The number of carbonyl (C=O) groups is 3. The topological polar surface area (TPSA) is 154 Å². The van der Waals surface area contributed by atoms with Gasteiger partial charge in [0, 0.05) is 24.2 Å². The van der Waals surface area contributed by atoms with E-state index < -0.39 is 17.5 Å². The highest BCUT2D eigenvalue weighted by atomic mass is 19.1. The number of unbranched alkanes of at least 4 members (excludes halogenated alkanes) is 2. The number of aromatic nitrogens is 1. The summed E-state index contributed by atoms with van der Waals surface area (Å²) in [7, 11) is 0. The molecule has 1 aromatic heterocycles. The highest BCUT2D eigenvalue weighted by Crippen LogP contribution is 2.24. The van der Waals surface area contributed by atoms with E-state index >= 15 is 0 Å². The first-order valence-corrected chi connectivity index (χ1v) is 12.7. The molecule has 208 valence electrons. The van der Waals surface area contributed by atoms with E-state index in [1.165, 1.54) is 36.5 Å². The Morgan fingerprint density at radius 2 is 1.80 bits per heavy atom. The van der Waals surface area contributed by atoms with Crippen LogP contribution in [0.3, 0.4) is 0 Å². The molecule has 2 heterocycles. The van der Waals surface area contributed by atoms with Gasteiger partial charge in [0.25, 0.3) is 11.8 Å². The largest absolute Gasteiger partial charge is 0.397 e. The first kappa shape index (κ1) is 28.1. The summed E-state index contributed by atoms with van der Waals surface area (Å²) in [5.74, 6) is -1.90. The van der Waals surface area contributed by atoms with Gasteiger partial charge in [-0.1, -0.05) is 6.42 Å². The first-order chi connectivity index (χ1) is 19.1. The molecule has 10 nitrogen and oxygen atoms in total. The Morgan fingerprint density at radius 3 is 2.58 bits per heavy atom. The number of aromatic amines is 1. The third-order valence-electron chi connectivity index (χ3n) is 6.40. The third kappa shape index (κ3) is 6.57. The number of benzene rings is 2. The Hall–Kier alpha value is -4.87. The van der Waals surface area contributed by atoms with Crippen LogP contribution in [0.1, 0.15) is 58.6 Å². The number of hydrogen-bond donors (Lipinski definition) is 5. The van der Waals surface area contributed by atoms with Crippen LogP contribution in [0.25, 0.3) is 0 Å². The van der Waals surface area contributed by atoms with Crippen LogP contribution in [0.2, 0.25) is 0 Å². The van der Waals surface area contributed by atoms with Crippen molar-refractivity contribution in [2.24, 2.45) is 10.2 Å². The number of nitrogens with zero attached hydrogens (tertiary/aromatic N) is 2. The summed E-state index contributed by atoms with van der Waals surface area (Å²) >= 11 is 0. The Labute approximate surface area is 229 Å². The molecular weight excluding hydrogens is 520 g/mol. The number of carbonyl (C=O) groups excluding carboxylic acids is 3. The zero-order valence-electron chi connectivity index (χ0n) is 22.0. The van der Waals surface area contributed by atoms with Gasteiger partial charge in [-0.15, -0.1) is 5.10 Å². The molecule has 0 aliphatic carbocycles. The summed E-state index contributed by atoms with van der Waals surface area (Å²) < 4.78 is 26.7. The van der Waals surface area contributed by atoms with Crippen LogP contribution in [-0.2, 0) is 9.59 Å². The Balaban J connectivity index is 1.25. The molecule has 2 aromatic carbocycles. The second kappa shape index (κ2) is 12.3. The van der Waals surface area contributed by atoms with Crippen molar-refractivity contribution in [3.63, 3.8) is 0 Å². The minimum atomic E-state index is -0.489. The van der Waals surface area contributed by atoms with Gasteiger partial charge in [0.15, 0.2) is 5.71 Å². The van der Waals surface area contributed by atoms with E-state index in [1.54, 1.807) is 13.8 Å². The van der Waals surface area contributed by atoms with Crippen LogP contribution in [-0.4, -0.2) is 41.2 Å². The Morgan fingerprint density at radius 1 is 1.05 bits per heavy atom. The first-order valence-electron chi connectivity index (χ1n) is 12.7. The highest BCUT2D eigenvalue weighted by Gasteiger charge is 2.26. The van der Waals surface area contributed by atoms with Crippen LogP contribution in [0.4, 0.5) is 25.8 Å². The molecule has 0 bridgehead atoms. The normalized spacial score (nSPS) is 13.5. The lowest BCUT2D eigenvalue weighted by Gasteiger charge is -2.08. The summed E-state index contributed by atoms with van der Waals surface area (Å²) in [5, 5.41) is 16.1. The molecule has 40 heavy (non-hydrogen) atoms. The van der Waals surface area contributed by atoms with Gasteiger partial charge in [0.2, 0.25) is 5.91 Å². The van der Waals surface area contributed by atoms with Crippen molar-refractivity contribution in [2.45, 2.75) is 39.5 Å². The summed E-state index contributed by atoms with van der Waals surface area (Å²) in [6.45, 7) is 3.96. The van der Waals surface area contributed by atoms with E-state index in [-0.39, 0.29) is 29.6 Å². The molecule has 1 aliphatic heterocycles. The fraction of sp³-hybridized carbons (Fsp3) is 0.250. The number of anilines is 3. The number of hydrogen-bond acceptors (Lipinski definition) is 6. The third-order valence-corrected chi connectivity index (χ3v) is 6.40. The van der Waals surface area contributed by atoms with E-state index in [2.05, 4.69) is 31.1 Å².